The second-order valence-electron chi connectivity index (χ2n) is 4.78. The highest BCUT2D eigenvalue weighted by molar-refractivity contribution is 5.23. The maximum atomic E-state index is 9.24. The third-order valence-corrected chi connectivity index (χ3v) is 3.99. The third kappa shape index (κ3) is 1.28. The highest BCUT2D eigenvalue weighted by atomic mass is 16.3. The summed E-state index contributed by atoms with van der Waals surface area (Å²) in [5.41, 5.74) is 22.4. The predicted molar refractivity (Wildman–Crippen MR) is 56.3 cm³/mol. The van der Waals surface area contributed by atoms with Crippen molar-refractivity contribution < 1.29 is 5.11 Å². The van der Waals surface area contributed by atoms with Crippen molar-refractivity contribution in [2.75, 3.05) is 13.2 Å². The van der Waals surface area contributed by atoms with E-state index in [0.717, 1.165) is 0 Å². The molecule has 1 fully saturated rings. The first kappa shape index (κ1) is 11.9. The second-order valence-corrected chi connectivity index (χ2v) is 4.78. The van der Waals surface area contributed by atoms with Crippen LogP contribution in [0.4, 0.5) is 0 Å². The van der Waals surface area contributed by atoms with Crippen molar-refractivity contribution >= 4 is 0 Å². The molecule has 0 saturated heterocycles. The van der Waals surface area contributed by atoms with Gasteiger partial charge in [0.25, 0.3) is 0 Å². The fourth-order valence-corrected chi connectivity index (χ4v) is 2.65. The molecule has 9 N–H and O–H groups in total. The maximum absolute atomic E-state index is 9.24. The standard InChI is InChI=1S/C9H22N4O/c1-8(12)5(4-14)7(6(11)3-10)9(8,2)13/h5-7,14H,3-4,10-13H2,1-2H3. The Balaban J connectivity index is 2.87. The van der Waals surface area contributed by atoms with E-state index in [1.54, 1.807) is 0 Å². The molecular formula is C9H22N4O. The molecule has 5 heteroatoms. The lowest BCUT2D eigenvalue weighted by Crippen LogP contribution is -2.85. The average molecular weight is 202 g/mol. The maximum Gasteiger partial charge on any atom is 0.0481 e. The summed E-state index contributed by atoms with van der Waals surface area (Å²) in [6.45, 7) is 4.11. The molecule has 0 aliphatic heterocycles. The van der Waals surface area contributed by atoms with Gasteiger partial charge >= 0.3 is 0 Å². The van der Waals surface area contributed by atoms with Gasteiger partial charge in [0.2, 0.25) is 0 Å². The Bertz CT molecular complexity index is 217. The molecule has 1 aliphatic rings. The number of aliphatic hydroxyl groups excluding tert-OH is 1. The van der Waals surface area contributed by atoms with Crippen LogP contribution in [0.25, 0.3) is 0 Å². The SMILES string of the molecule is CC1(N)C(CO)C(C(N)CN)C1(C)N. The third-order valence-electron chi connectivity index (χ3n) is 3.99. The summed E-state index contributed by atoms with van der Waals surface area (Å²) in [7, 11) is 0. The molecule has 1 aliphatic carbocycles. The Morgan fingerprint density at radius 1 is 1.29 bits per heavy atom. The van der Waals surface area contributed by atoms with Gasteiger partial charge in [-0.15, -0.1) is 0 Å². The molecule has 14 heavy (non-hydrogen) atoms. The van der Waals surface area contributed by atoms with Crippen LogP contribution in [0.1, 0.15) is 13.8 Å². The Hall–Kier alpha value is -0.200. The fourth-order valence-electron chi connectivity index (χ4n) is 2.65. The number of hydrogen-bond acceptors (Lipinski definition) is 5. The Morgan fingerprint density at radius 3 is 2.14 bits per heavy atom. The first-order valence-corrected chi connectivity index (χ1v) is 4.95. The number of aliphatic hydroxyl groups is 1. The van der Waals surface area contributed by atoms with E-state index in [4.69, 9.17) is 22.9 Å². The number of hydrogen-bond donors (Lipinski definition) is 5. The second kappa shape index (κ2) is 3.43. The van der Waals surface area contributed by atoms with Crippen LogP contribution in [-0.2, 0) is 0 Å². The van der Waals surface area contributed by atoms with E-state index in [9.17, 15) is 5.11 Å². The van der Waals surface area contributed by atoms with E-state index in [-0.39, 0.29) is 24.5 Å². The molecule has 0 aromatic rings. The van der Waals surface area contributed by atoms with Crippen molar-refractivity contribution in [1.29, 1.82) is 0 Å². The molecule has 5 unspecified atom stereocenters. The molecule has 0 heterocycles. The van der Waals surface area contributed by atoms with Gasteiger partial charge in [-0.25, -0.2) is 0 Å². The molecule has 1 rings (SSSR count). The molecule has 0 aromatic heterocycles. The molecular weight excluding hydrogens is 180 g/mol. The van der Waals surface area contributed by atoms with Crippen LogP contribution in [0, 0.1) is 11.8 Å². The predicted octanol–water partition coefficient (Wildman–Crippen LogP) is -2.05. The minimum Gasteiger partial charge on any atom is -0.396 e. The lowest BCUT2D eigenvalue weighted by molar-refractivity contribution is -0.0904. The first-order chi connectivity index (χ1) is 6.30. The van der Waals surface area contributed by atoms with Crippen LogP contribution >= 0.6 is 0 Å². The van der Waals surface area contributed by atoms with Gasteiger partial charge in [0.1, 0.15) is 0 Å². The zero-order valence-electron chi connectivity index (χ0n) is 8.90. The summed E-state index contributed by atoms with van der Waals surface area (Å²) in [4.78, 5) is 0. The highest BCUT2D eigenvalue weighted by Gasteiger charge is 2.64. The molecule has 0 spiro atoms. The van der Waals surface area contributed by atoms with E-state index >= 15 is 0 Å². The summed E-state index contributed by atoms with van der Waals surface area (Å²) in [6.07, 6.45) is 0. The highest BCUT2D eigenvalue weighted by Crippen LogP contribution is 2.49. The van der Waals surface area contributed by atoms with Gasteiger partial charge in [-0.2, -0.15) is 0 Å². The minimum absolute atomic E-state index is 0.00694. The van der Waals surface area contributed by atoms with Crippen molar-refractivity contribution in [3.63, 3.8) is 0 Å². The van der Waals surface area contributed by atoms with Gasteiger partial charge in [-0.05, 0) is 13.8 Å². The molecule has 0 aromatic carbocycles. The van der Waals surface area contributed by atoms with Gasteiger partial charge in [0, 0.05) is 42.1 Å². The van der Waals surface area contributed by atoms with Crippen LogP contribution in [0.15, 0.2) is 0 Å². The Morgan fingerprint density at radius 2 is 1.79 bits per heavy atom. The molecule has 5 nitrogen and oxygen atoms in total. The van der Waals surface area contributed by atoms with Gasteiger partial charge in [0.15, 0.2) is 0 Å². The minimum atomic E-state index is -0.570. The largest absolute Gasteiger partial charge is 0.396 e. The van der Waals surface area contributed by atoms with Crippen LogP contribution in [0.3, 0.4) is 0 Å². The summed E-state index contributed by atoms with van der Waals surface area (Å²) in [6, 6.07) is -0.196. The molecule has 5 atom stereocenters. The van der Waals surface area contributed by atoms with E-state index in [0.29, 0.717) is 6.54 Å². The smallest absolute Gasteiger partial charge is 0.0481 e. The van der Waals surface area contributed by atoms with E-state index < -0.39 is 11.1 Å². The quantitative estimate of drug-likeness (QED) is 0.360. The van der Waals surface area contributed by atoms with Crippen molar-refractivity contribution in [2.45, 2.75) is 31.0 Å². The zero-order chi connectivity index (χ0) is 11.1. The molecule has 0 radical (unpaired) electrons. The normalized spacial score (nSPS) is 49.9. The molecule has 0 amide bonds. The first-order valence-electron chi connectivity index (χ1n) is 4.95. The van der Waals surface area contributed by atoms with Crippen LogP contribution in [0.5, 0.6) is 0 Å². The summed E-state index contributed by atoms with van der Waals surface area (Å²) < 4.78 is 0. The number of nitrogens with two attached hydrogens (primary N) is 4. The van der Waals surface area contributed by atoms with Crippen LogP contribution in [-0.4, -0.2) is 35.4 Å². The van der Waals surface area contributed by atoms with Crippen molar-refractivity contribution in [1.82, 2.24) is 0 Å². The molecule has 0 bridgehead atoms. The zero-order valence-corrected chi connectivity index (χ0v) is 8.90. The Labute approximate surface area is 84.8 Å². The van der Waals surface area contributed by atoms with Gasteiger partial charge < -0.3 is 28.0 Å². The topological polar surface area (TPSA) is 124 Å². The summed E-state index contributed by atoms with van der Waals surface area (Å²) >= 11 is 0. The number of rotatable bonds is 3. The monoisotopic (exact) mass is 202 g/mol. The molecule has 84 valence electrons. The Kier molecular flexibility index (Phi) is 2.91. The van der Waals surface area contributed by atoms with Gasteiger partial charge in [0.05, 0.1) is 0 Å². The van der Waals surface area contributed by atoms with E-state index in [2.05, 4.69) is 0 Å². The lowest BCUT2D eigenvalue weighted by atomic mass is 9.47. The van der Waals surface area contributed by atoms with Crippen molar-refractivity contribution in [3.05, 3.63) is 0 Å². The summed E-state index contributed by atoms with van der Waals surface area (Å²) in [5.74, 6) is -0.0662. The fraction of sp³-hybridized carbons (Fsp3) is 1.00. The summed E-state index contributed by atoms with van der Waals surface area (Å²) in [5, 5.41) is 9.24. The van der Waals surface area contributed by atoms with Gasteiger partial charge in [-0.3, -0.25) is 0 Å². The van der Waals surface area contributed by atoms with E-state index in [1.165, 1.54) is 0 Å². The average Bonchev–Trinajstić information content (AvgIpc) is 2.11. The van der Waals surface area contributed by atoms with Crippen molar-refractivity contribution in [3.8, 4) is 0 Å². The van der Waals surface area contributed by atoms with Gasteiger partial charge in [-0.1, -0.05) is 0 Å². The van der Waals surface area contributed by atoms with E-state index in [1.807, 2.05) is 13.8 Å². The lowest BCUT2D eigenvalue weighted by Gasteiger charge is -2.65. The molecule has 1 saturated carbocycles. The van der Waals surface area contributed by atoms with Crippen LogP contribution < -0.4 is 22.9 Å². The van der Waals surface area contributed by atoms with Crippen LogP contribution in [0.2, 0.25) is 0 Å². The van der Waals surface area contributed by atoms with Crippen molar-refractivity contribution in [2.24, 2.45) is 34.8 Å².